The van der Waals surface area contributed by atoms with Gasteiger partial charge in [-0.15, -0.1) is 24.0 Å². The molecular weight excluding hydrogens is 439 g/mol. The average Bonchev–Trinajstić information content (AvgIpc) is 2.94. The van der Waals surface area contributed by atoms with Crippen LogP contribution in [0.4, 0.5) is 0 Å². The Hall–Kier alpha value is -2.08. The van der Waals surface area contributed by atoms with E-state index in [4.69, 9.17) is 5.26 Å². The van der Waals surface area contributed by atoms with Crippen LogP contribution in [0.3, 0.4) is 0 Å². The van der Waals surface area contributed by atoms with Crippen molar-refractivity contribution in [1.29, 1.82) is 5.26 Å². The van der Waals surface area contributed by atoms with E-state index in [1.54, 1.807) is 0 Å². The number of halogens is 1. The first-order valence-corrected chi connectivity index (χ1v) is 8.64. The molecule has 0 bridgehead atoms. The van der Waals surface area contributed by atoms with Crippen molar-refractivity contribution in [3.63, 3.8) is 0 Å². The number of aryl methyl sites for hydroxylation is 3. The summed E-state index contributed by atoms with van der Waals surface area (Å²) in [5, 5.41) is 19.9. The van der Waals surface area contributed by atoms with E-state index >= 15 is 0 Å². The van der Waals surface area contributed by atoms with E-state index in [2.05, 4.69) is 46.7 Å². The van der Waals surface area contributed by atoms with Crippen LogP contribution < -0.4 is 10.6 Å². The number of hydrogen-bond donors (Lipinski definition) is 2. The predicted octanol–water partition coefficient (Wildman–Crippen LogP) is 3.14. The topological polar surface area (TPSA) is 78.0 Å². The zero-order valence-electron chi connectivity index (χ0n) is 15.6. The molecule has 1 aromatic carbocycles. The molecule has 2 aromatic rings. The third kappa shape index (κ3) is 7.04. The van der Waals surface area contributed by atoms with Crippen LogP contribution in [-0.4, -0.2) is 28.8 Å². The maximum Gasteiger partial charge on any atom is 0.191 e. The van der Waals surface area contributed by atoms with Gasteiger partial charge in [0.2, 0.25) is 0 Å². The highest BCUT2D eigenvalue weighted by Gasteiger charge is 2.01. The summed E-state index contributed by atoms with van der Waals surface area (Å²) in [4.78, 5) is 4.59. The number of nitriles is 1. The third-order valence-corrected chi connectivity index (χ3v) is 3.79. The van der Waals surface area contributed by atoms with Gasteiger partial charge in [-0.2, -0.15) is 10.4 Å². The first-order valence-electron chi connectivity index (χ1n) is 8.64. The standard InChI is InChI=1S/C19H26N6.HI/c1-4-21-19(23-14-18-8-6-17(13-20)7-9-18)22-10-5-11-25-16(3)12-15(2)24-25;/h6-9,12H,4-5,10-11,14H2,1-3H3,(H2,21,22,23);1H. The highest BCUT2D eigenvalue weighted by atomic mass is 127. The maximum atomic E-state index is 8.83. The Morgan fingerprint density at radius 2 is 1.96 bits per heavy atom. The summed E-state index contributed by atoms with van der Waals surface area (Å²) >= 11 is 0. The summed E-state index contributed by atoms with van der Waals surface area (Å²) in [5.74, 6) is 0.806. The van der Waals surface area contributed by atoms with Gasteiger partial charge in [0.05, 0.1) is 23.9 Å². The molecule has 1 heterocycles. The molecule has 0 saturated heterocycles. The highest BCUT2D eigenvalue weighted by molar-refractivity contribution is 14.0. The Bertz CT molecular complexity index is 742. The number of aromatic nitrogens is 2. The summed E-state index contributed by atoms with van der Waals surface area (Å²) < 4.78 is 2.04. The molecule has 0 unspecified atom stereocenters. The summed E-state index contributed by atoms with van der Waals surface area (Å²) in [6, 6.07) is 11.7. The highest BCUT2D eigenvalue weighted by Crippen LogP contribution is 2.05. The van der Waals surface area contributed by atoms with E-state index in [1.807, 2.05) is 35.9 Å². The largest absolute Gasteiger partial charge is 0.357 e. The first-order chi connectivity index (χ1) is 12.1. The van der Waals surface area contributed by atoms with Gasteiger partial charge in [-0.25, -0.2) is 4.99 Å². The Balaban J connectivity index is 0.00000338. The van der Waals surface area contributed by atoms with Crippen LogP contribution in [0.1, 0.15) is 35.9 Å². The van der Waals surface area contributed by atoms with Gasteiger partial charge >= 0.3 is 0 Å². The predicted molar refractivity (Wildman–Crippen MR) is 116 cm³/mol. The van der Waals surface area contributed by atoms with E-state index in [0.717, 1.165) is 43.3 Å². The minimum atomic E-state index is 0. The molecule has 0 aliphatic carbocycles. The van der Waals surface area contributed by atoms with Gasteiger partial charge in [-0.1, -0.05) is 12.1 Å². The van der Waals surface area contributed by atoms with Crippen LogP contribution in [0, 0.1) is 25.2 Å². The second-order valence-corrected chi connectivity index (χ2v) is 5.93. The van der Waals surface area contributed by atoms with Crippen LogP contribution in [0.25, 0.3) is 0 Å². The molecule has 0 atom stereocenters. The summed E-state index contributed by atoms with van der Waals surface area (Å²) in [7, 11) is 0. The van der Waals surface area contributed by atoms with Gasteiger partial charge in [0, 0.05) is 25.3 Å². The van der Waals surface area contributed by atoms with Gasteiger partial charge in [-0.3, -0.25) is 4.68 Å². The molecule has 0 fully saturated rings. The fraction of sp³-hybridized carbons (Fsp3) is 0.421. The van der Waals surface area contributed by atoms with Gasteiger partial charge in [0.1, 0.15) is 0 Å². The van der Waals surface area contributed by atoms with Crippen molar-refractivity contribution < 1.29 is 0 Å². The SMILES string of the molecule is CCNC(=NCc1ccc(C#N)cc1)NCCCn1nc(C)cc1C.I. The van der Waals surface area contributed by atoms with E-state index in [-0.39, 0.29) is 24.0 Å². The fourth-order valence-electron chi connectivity index (χ4n) is 2.53. The van der Waals surface area contributed by atoms with Crippen LogP contribution in [0.15, 0.2) is 35.3 Å². The number of aliphatic imine (C=N–C) groups is 1. The Morgan fingerprint density at radius 1 is 1.23 bits per heavy atom. The molecule has 2 rings (SSSR count). The van der Waals surface area contributed by atoms with Crippen molar-refractivity contribution in [1.82, 2.24) is 20.4 Å². The molecular formula is C19H27IN6. The lowest BCUT2D eigenvalue weighted by Gasteiger charge is -2.11. The number of nitrogens with zero attached hydrogens (tertiary/aromatic N) is 4. The molecule has 1 aromatic heterocycles. The lowest BCUT2D eigenvalue weighted by molar-refractivity contribution is 0.555. The van der Waals surface area contributed by atoms with Crippen molar-refractivity contribution in [3.8, 4) is 6.07 Å². The van der Waals surface area contributed by atoms with Gasteiger partial charge in [0.15, 0.2) is 5.96 Å². The van der Waals surface area contributed by atoms with E-state index in [0.29, 0.717) is 12.1 Å². The van der Waals surface area contributed by atoms with Crippen LogP contribution in [0.2, 0.25) is 0 Å². The second kappa shape index (κ2) is 11.5. The number of guanidine groups is 1. The van der Waals surface area contributed by atoms with Crippen molar-refractivity contribution in [2.45, 2.75) is 40.3 Å². The molecule has 0 saturated carbocycles. The van der Waals surface area contributed by atoms with E-state index in [9.17, 15) is 0 Å². The van der Waals surface area contributed by atoms with Gasteiger partial charge in [-0.05, 0) is 51.0 Å². The van der Waals surface area contributed by atoms with Crippen LogP contribution in [0.5, 0.6) is 0 Å². The zero-order chi connectivity index (χ0) is 18.1. The molecule has 7 heteroatoms. The summed E-state index contributed by atoms with van der Waals surface area (Å²) in [6.07, 6.45) is 0.975. The second-order valence-electron chi connectivity index (χ2n) is 5.93. The molecule has 0 radical (unpaired) electrons. The van der Waals surface area contributed by atoms with Crippen molar-refractivity contribution in [2.75, 3.05) is 13.1 Å². The molecule has 26 heavy (non-hydrogen) atoms. The smallest absolute Gasteiger partial charge is 0.191 e. The Morgan fingerprint density at radius 3 is 2.54 bits per heavy atom. The minimum absolute atomic E-state index is 0. The lowest BCUT2D eigenvalue weighted by Crippen LogP contribution is -2.38. The lowest BCUT2D eigenvalue weighted by atomic mass is 10.1. The minimum Gasteiger partial charge on any atom is -0.357 e. The fourth-order valence-corrected chi connectivity index (χ4v) is 2.53. The molecule has 140 valence electrons. The average molecular weight is 466 g/mol. The quantitative estimate of drug-likeness (QED) is 0.285. The zero-order valence-corrected chi connectivity index (χ0v) is 17.9. The summed E-state index contributed by atoms with van der Waals surface area (Å²) in [6.45, 7) is 9.26. The van der Waals surface area contributed by atoms with Crippen molar-refractivity contribution >= 4 is 29.9 Å². The van der Waals surface area contributed by atoms with Gasteiger partial charge < -0.3 is 10.6 Å². The maximum absolute atomic E-state index is 8.83. The van der Waals surface area contributed by atoms with Crippen LogP contribution in [-0.2, 0) is 13.1 Å². The molecule has 6 nitrogen and oxygen atoms in total. The third-order valence-electron chi connectivity index (χ3n) is 3.79. The molecule has 0 aliphatic heterocycles. The Labute approximate surface area is 172 Å². The number of nitrogens with one attached hydrogen (secondary N) is 2. The molecule has 0 spiro atoms. The summed E-state index contributed by atoms with van der Waals surface area (Å²) in [5.41, 5.74) is 4.00. The number of benzene rings is 1. The number of hydrogen-bond acceptors (Lipinski definition) is 3. The molecule has 0 aliphatic rings. The first kappa shape index (κ1) is 22.0. The van der Waals surface area contributed by atoms with E-state index < -0.39 is 0 Å². The monoisotopic (exact) mass is 466 g/mol. The molecule has 0 amide bonds. The van der Waals surface area contributed by atoms with Crippen LogP contribution >= 0.6 is 24.0 Å². The van der Waals surface area contributed by atoms with Crippen molar-refractivity contribution in [3.05, 3.63) is 52.8 Å². The Kier molecular flexibility index (Phi) is 9.73. The molecule has 2 N–H and O–H groups in total. The van der Waals surface area contributed by atoms with E-state index in [1.165, 1.54) is 5.69 Å². The number of rotatable bonds is 7. The van der Waals surface area contributed by atoms with Gasteiger partial charge in [0.25, 0.3) is 0 Å². The van der Waals surface area contributed by atoms with Crippen molar-refractivity contribution in [2.24, 2.45) is 4.99 Å². The normalized spacial score (nSPS) is 10.8.